The second-order valence-corrected chi connectivity index (χ2v) is 4.30. The summed E-state index contributed by atoms with van der Waals surface area (Å²) in [5.74, 6) is 0.737. The van der Waals surface area contributed by atoms with Gasteiger partial charge in [0.25, 0.3) is 0 Å². The van der Waals surface area contributed by atoms with Crippen molar-refractivity contribution in [2.24, 2.45) is 7.05 Å². The number of hydrogen-bond donors (Lipinski definition) is 1. The SMILES string of the molecule is COc1ccc(NC(=O)OCc2cc[n+](C)cc2)cc1. The standard InChI is InChI=1S/C15H16N2O3/c1-17-9-7-12(8-10-17)11-20-15(18)16-13-3-5-14(19-2)6-4-13/h3-10H,11H2,1-2H3/p+1. The minimum absolute atomic E-state index is 0.239. The van der Waals surface area contributed by atoms with E-state index >= 15 is 0 Å². The average Bonchev–Trinajstić information content (AvgIpc) is 2.47. The summed E-state index contributed by atoms with van der Waals surface area (Å²) in [7, 11) is 3.53. The first kappa shape index (κ1) is 13.9. The Bertz CT molecular complexity index is 565. The van der Waals surface area contributed by atoms with Crippen LogP contribution in [0.4, 0.5) is 10.5 Å². The average molecular weight is 273 g/mol. The highest BCUT2D eigenvalue weighted by Gasteiger charge is 2.04. The molecule has 1 N–H and O–H groups in total. The molecule has 104 valence electrons. The van der Waals surface area contributed by atoms with Gasteiger partial charge in [-0.3, -0.25) is 5.32 Å². The van der Waals surface area contributed by atoms with Crippen LogP contribution >= 0.6 is 0 Å². The summed E-state index contributed by atoms with van der Waals surface area (Å²) < 4.78 is 12.1. The second kappa shape index (κ2) is 6.56. The molecule has 1 aromatic heterocycles. The molecule has 5 nitrogen and oxygen atoms in total. The summed E-state index contributed by atoms with van der Waals surface area (Å²) in [6, 6.07) is 10.9. The maximum atomic E-state index is 11.6. The Labute approximate surface area is 117 Å². The predicted octanol–water partition coefficient (Wildman–Crippen LogP) is 2.27. The molecule has 0 spiro atoms. The van der Waals surface area contributed by atoms with Crippen molar-refractivity contribution in [3.05, 3.63) is 54.4 Å². The predicted molar refractivity (Wildman–Crippen MR) is 74.4 cm³/mol. The topological polar surface area (TPSA) is 51.4 Å². The Morgan fingerprint density at radius 2 is 1.80 bits per heavy atom. The monoisotopic (exact) mass is 273 g/mol. The summed E-state index contributed by atoms with van der Waals surface area (Å²) in [6.07, 6.45) is 3.32. The lowest BCUT2D eigenvalue weighted by Crippen LogP contribution is -2.26. The molecule has 5 heteroatoms. The first-order valence-electron chi connectivity index (χ1n) is 6.19. The number of hydrogen-bond acceptors (Lipinski definition) is 3. The molecular formula is C15H17N2O3+. The van der Waals surface area contributed by atoms with Crippen LogP contribution in [0.1, 0.15) is 5.56 Å². The van der Waals surface area contributed by atoms with E-state index in [1.165, 1.54) is 0 Å². The molecule has 1 amide bonds. The van der Waals surface area contributed by atoms with Gasteiger partial charge in [-0.1, -0.05) is 0 Å². The van der Waals surface area contributed by atoms with Gasteiger partial charge in [-0.25, -0.2) is 9.36 Å². The third-order valence-corrected chi connectivity index (χ3v) is 2.75. The molecule has 2 rings (SSSR count). The van der Waals surface area contributed by atoms with E-state index in [4.69, 9.17) is 9.47 Å². The van der Waals surface area contributed by atoms with Crippen LogP contribution in [-0.4, -0.2) is 13.2 Å². The number of ether oxygens (including phenoxy) is 2. The lowest BCUT2D eigenvalue weighted by molar-refractivity contribution is -0.671. The molecule has 0 atom stereocenters. The number of anilines is 1. The van der Waals surface area contributed by atoms with Crippen molar-refractivity contribution < 1.29 is 18.8 Å². The normalized spacial score (nSPS) is 9.90. The zero-order chi connectivity index (χ0) is 14.4. The van der Waals surface area contributed by atoms with Gasteiger partial charge in [0.15, 0.2) is 12.4 Å². The van der Waals surface area contributed by atoms with Crippen LogP contribution in [0.5, 0.6) is 5.75 Å². The fourth-order valence-electron chi connectivity index (χ4n) is 1.61. The van der Waals surface area contributed by atoms with E-state index in [2.05, 4.69) is 5.32 Å². The molecule has 0 aliphatic carbocycles. The zero-order valence-corrected chi connectivity index (χ0v) is 11.5. The molecule has 1 heterocycles. The quantitative estimate of drug-likeness (QED) is 0.869. The van der Waals surface area contributed by atoms with Gasteiger partial charge in [-0.2, -0.15) is 0 Å². The second-order valence-electron chi connectivity index (χ2n) is 4.30. The van der Waals surface area contributed by atoms with Gasteiger partial charge in [-0.15, -0.1) is 0 Å². The number of benzene rings is 1. The number of amides is 1. The van der Waals surface area contributed by atoms with Crippen LogP contribution in [0.2, 0.25) is 0 Å². The summed E-state index contributed by atoms with van der Waals surface area (Å²) in [5, 5.41) is 2.65. The number of pyridine rings is 1. The van der Waals surface area contributed by atoms with E-state index in [1.807, 2.05) is 36.1 Å². The molecule has 0 radical (unpaired) electrons. The smallest absolute Gasteiger partial charge is 0.411 e. The Kier molecular flexibility index (Phi) is 4.55. The van der Waals surface area contributed by atoms with Crippen LogP contribution in [0, 0.1) is 0 Å². The van der Waals surface area contributed by atoms with Crippen molar-refractivity contribution in [2.45, 2.75) is 6.61 Å². The van der Waals surface area contributed by atoms with E-state index in [1.54, 1.807) is 31.4 Å². The highest BCUT2D eigenvalue weighted by Crippen LogP contribution is 2.15. The van der Waals surface area contributed by atoms with Crippen LogP contribution in [0.3, 0.4) is 0 Å². The number of carbonyl (C=O) groups is 1. The molecular weight excluding hydrogens is 256 g/mol. The Hall–Kier alpha value is -2.56. The highest BCUT2D eigenvalue weighted by atomic mass is 16.5. The van der Waals surface area contributed by atoms with Crippen LogP contribution in [0.25, 0.3) is 0 Å². The largest absolute Gasteiger partial charge is 0.497 e. The van der Waals surface area contributed by atoms with E-state index in [-0.39, 0.29) is 6.61 Å². The summed E-state index contributed by atoms with van der Waals surface area (Å²) in [6.45, 7) is 0.239. The summed E-state index contributed by atoms with van der Waals surface area (Å²) >= 11 is 0. The zero-order valence-electron chi connectivity index (χ0n) is 11.5. The minimum atomic E-state index is -0.483. The highest BCUT2D eigenvalue weighted by molar-refractivity contribution is 5.84. The summed E-state index contributed by atoms with van der Waals surface area (Å²) in [5.41, 5.74) is 1.60. The van der Waals surface area contributed by atoms with Gasteiger partial charge in [0.05, 0.1) is 7.11 Å². The van der Waals surface area contributed by atoms with E-state index < -0.39 is 6.09 Å². The van der Waals surface area contributed by atoms with Crippen LogP contribution < -0.4 is 14.6 Å². The van der Waals surface area contributed by atoms with Crippen molar-refractivity contribution in [2.75, 3.05) is 12.4 Å². The first-order valence-corrected chi connectivity index (χ1v) is 6.19. The molecule has 0 unspecified atom stereocenters. The molecule has 20 heavy (non-hydrogen) atoms. The van der Waals surface area contributed by atoms with Gasteiger partial charge in [0.2, 0.25) is 0 Å². The molecule has 0 aliphatic heterocycles. The maximum absolute atomic E-state index is 11.6. The number of rotatable bonds is 4. The van der Waals surface area contributed by atoms with Crippen LogP contribution in [-0.2, 0) is 18.4 Å². The number of nitrogens with zero attached hydrogens (tertiary/aromatic N) is 1. The molecule has 0 bridgehead atoms. The molecule has 0 fully saturated rings. The fraction of sp³-hybridized carbons (Fsp3) is 0.200. The molecule has 2 aromatic rings. The van der Waals surface area contributed by atoms with Gasteiger partial charge >= 0.3 is 6.09 Å². The van der Waals surface area contributed by atoms with Crippen molar-refractivity contribution >= 4 is 11.8 Å². The van der Waals surface area contributed by atoms with Crippen LogP contribution in [0.15, 0.2) is 48.8 Å². The van der Waals surface area contributed by atoms with Gasteiger partial charge in [0, 0.05) is 23.4 Å². The third-order valence-electron chi connectivity index (χ3n) is 2.75. The van der Waals surface area contributed by atoms with Crippen molar-refractivity contribution in [3.8, 4) is 5.75 Å². The third kappa shape index (κ3) is 3.98. The lowest BCUT2D eigenvalue weighted by atomic mass is 10.3. The number of nitrogens with one attached hydrogen (secondary N) is 1. The Morgan fingerprint density at radius 1 is 1.15 bits per heavy atom. The maximum Gasteiger partial charge on any atom is 0.411 e. The Morgan fingerprint density at radius 3 is 2.40 bits per heavy atom. The molecule has 1 aromatic carbocycles. The minimum Gasteiger partial charge on any atom is -0.497 e. The number of aromatic nitrogens is 1. The van der Waals surface area contributed by atoms with Crippen molar-refractivity contribution in [3.63, 3.8) is 0 Å². The van der Waals surface area contributed by atoms with Gasteiger partial charge < -0.3 is 9.47 Å². The number of aryl methyl sites for hydroxylation is 1. The molecule has 0 aliphatic rings. The molecule has 0 saturated carbocycles. The lowest BCUT2D eigenvalue weighted by Gasteiger charge is -2.07. The van der Waals surface area contributed by atoms with Gasteiger partial charge in [0.1, 0.15) is 19.4 Å². The van der Waals surface area contributed by atoms with Gasteiger partial charge in [-0.05, 0) is 24.3 Å². The van der Waals surface area contributed by atoms with Crippen molar-refractivity contribution in [1.82, 2.24) is 0 Å². The molecule has 0 saturated heterocycles. The fourth-order valence-corrected chi connectivity index (χ4v) is 1.61. The van der Waals surface area contributed by atoms with E-state index in [9.17, 15) is 4.79 Å². The first-order chi connectivity index (χ1) is 9.67. The number of carbonyl (C=O) groups excluding carboxylic acids is 1. The Balaban J connectivity index is 1.84. The summed E-state index contributed by atoms with van der Waals surface area (Å²) in [4.78, 5) is 11.6. The van der Waals surface area contributed by atoms with E-state index in [0.29, 0.717) is 5.69 Å². The number of methoxy groups -OCH3 is 1. The van der Waals surface area contributed by atoms with Crippen molar-refractivity contribution in [1.29, 1.82) is 0 Å². The van der Waals surface area contributed by atoms with E-state index in [0.717, 1.165) is 11.3 Å².